The zero-order valence-corrected chi connectivity index (χ0v) is 13.7. The fraction of sp³-hybridized carbons (Fsp3) is 0.400. The minimum atomic E-state index is 0.233. The monoisotopic (exact) mass is 270 g/mol. The Bertz CT molecular complexity index is 415. The van der Waals surface area contributed by atoms with Crippen molar-refractivity contribution in [3.05, 3.63) is 72.9 Å². The third-order valence-corrected chi connectivity index (χ3v) is 3.43. The van der Waals surface area contributed by atoms with Crippen LogP contribution in [-0.2, 0) is 0 Å². The molecular formula is C20H30. The Morgan fingerprint density at radius 1 is 1.15 bits per heavy atom. The zero-order chi connectivity index (χ0) is 15.5. The first-order chi connectivity index (χ1) is 9.56. The first-order valence-corrected chi connectivity index (χ1v) is 7.51. The van der Waals surface area contributed by atoms with Gasteiger partial charge >= 0.3 is 0 Å². The fourth-order valence-corrected chi connectivity index (χ4v) is 2.38. The van der Waals surface area contributed by atoms with Crippen molar-refractivity contribution in [1.29, 1.82) is 0 Å². The molecule has 0 rings (SSSR count). The first kappa shape index (κ1) is 18.4. The van der Waals surface area contributed by atoms with Crippen LogP contribution in [0.25, 0.3) is 0 Å². The van der Waals surface area contributed by atoms with Gasteiger partial charge in [-0.05, 0) is 43.8 Å². The lowest BCUT2D eigenvalue weighted by Crippen LogP contribution is -2.11. The lowest BCUT2D eigenvalue weighted by atomic mass is 9.80. The van der Waals surface area contributed by atoms with Crippen LogP contribution in [0.5, 0.6) is 0 Å². The van der Waals surface area contributed by atoms with Gasteiger partial charge in [0.05, 0.1) is 0 Å². The average Bonchev–Trinajstić information content (AvgIpc) is 2.44. The molecule has 0 saturated heterocycles. The number of hydrogen-bond donors (Lipinski definition) is 0. The highest BCUT2D eigenvalue weighted by Gasteiger charge is 2.19. The predicted molar refractivity (Wildman–Crippen MR) is 93.8 cm³/mol. The van der Waals surface area contributed by atoms with E-state index in [1.807, 2.05) is 19.1 Å². The molecule has 0 N–H and O–H groups in total. The van der Waals surface area contributed by atoms with Gasteiger partial charge in [-0.2, -0.15) is 0 Å². The third kappa shape index (κ3) is 5.21. The van der Waals surface area contributed by atoms with Gasteiger partial charge in [0.2, 0.25) is 0 Å². The van der Waals surface area contributed by atoms with Crippen LogP contribution in [0.15, 0.2) is 72.9 Å². The fourth-order valence-electron chi connectivity index (χ4n) is 2.38. The molecule has 0 heteroatoms. The van der Waals surface area contributed by atoms with Gasteiger partial charge in [-0.25, -0.2) is 0 Å². The summed E-state index contributed by atoms with van der Waals surface area (Å²) in [6.45, 7) is 20.6. The van der Waals surface area contributed by atoms with Gasteiger partial charge in [-0.3, -0.25) is 0 Å². The van der Waals surface area contributed by atoms with Crippen molar-refractivity contribution in [2.45, 2.75) is 40.5 Å². The molecule has 0 nitrogen and oxygen atoms in total. The van der Waals surface area contributed by atoms with E-state index < -0.39 is 0 Å². The van der Waals surface area contributed by atoms with Gasteiger partial charge in [0, 0.05) is 5.92 Å². The van der Waals surface area contributed by atoms with E-state index in [4.69, 9.17) is 0 Å². The minimum Gasteiger partial charge on any atom is -0.102 e. The van der Waals surface area contributed by atoms with Gasteiger partial charge < -0.3 is 0 Å². The normalized spacial score (nSPS) is 16.0. The van der Waals surface area contributed by atoms with Gasteiger partial charge in [0.25, 0.3) is 0 Å². The molecule has 0 heterocycles. The summed E-state index contributed by atoms with van der Waals surface area (Å²) in [6.07, 6.45) is 14.8. The van der Waals surface area contributed by atoms with E-state index >= 15 is 0 Å². The van der Waals surface area contributed by atoms with Crippen LogP contribution in [0.1, 0.15) is 40.5 Å². The highest BCUT2D eigenvalue weighted by molar-refractivity contribution is 5.46. The van der Waals surface area contributed by atoms with Crippen molar-refractivity contribution >= 4 is 0 Å². The summed E-state index contributed by atoms with van der Waals surface area (Å²) in [6, 6.07) is 0. The first-order valence-electron chi connectivity index (χ1n) is 7.51. The third-order valence-electron chi connectivity index (χ3n) is 3.43. The van der Waals surface area contributed by atoms with Crippen LogP contribution in [0.2, 0.25) is 0 Å². The summed E-state index contributed by atoms with van der Waals surface area (Å²) in [5.74, 6) is 0.582. The molecule has 0 saturated carbocycles. The standard InChI is InChI=1S/C20H30/c1-8-13-15-19(16(6)7)20(17(10-3)11-4)18(12-5)14-9-2/h9-10,12-15,17-18H,3,5-6,8,11H2,1-2,4,7H3. The predicted octanol–water partition coefficient (Wildman–Crippen LogP) is 6.42. The van der Waals surface area contributed by atoms with Gasteiger partial charge in [-0.1, -0.05) is 62.5 Å². The Balaban J connectivity index is 6.13. The van der Waals surface area contributed by atoms with Crippen LogP contribution < -0.4 is 0 Å². The quantitative estimate of drug-likeness (QED) is 0.335. The van der Waals surface area contributed by atoms with E-state index in [1.54, 1.807) is 0 Å². The molecule has 0 aromatic carbocycles. The van der Waals surface area contributed by atoms with Crippen LogP contribution in [0.4, 0.5) is 0 Å². The van der Waals surface area contributed by atoms with Crippen LogP contribution in [0, 0.1) is 11.8 Å². The van der Waals surface area contributed by atoms with Crippen molar-refractivity contribution in [1.82, 2.24) is 0 Å². The van der Waals surface area contributed by atoms with E-state index in [-0.39, 0.29) is 5.92 Å². The molecule has 0 aliphatic heterocycles. The summed E-state index contributed by atoms with van der Waals surface area (Å²) in [7, 11) is 0. The minimum absolute atomic E-state index is 0.233. The Labute approximate surface area is 126 Å². The molecule has 0 aromatic rings. The largest absolute Gasteiger partial charge is 0.102 e. The Morgan fingerprint density at radius 2 is 1.80 bits per heavy atom. The number of hydrogen-bond acceptors (Lipinski definition) is 0. The topological polar surface area (TPSA) is 0 Å². The van der Waals surface area contributed by atoms with Crippen molar-refractivity contribution in [3.63, 3.8) is 0 Å². The maximum absolute atomic E-state index is 4.16. The second-order valence-electron chi connectivity index (χ2n) is 5.00. The summed E-state index contributed by atoms with van der Waals surface area (Å²) < 4.78 is 0. The van der Waals surface area contributed by atoms with Crippen LogP contribution in [-0.4, -0.2) is 0 Å². The molecule has 110 valence electrons. The summed E-state index contributed by atoms with van der Waals surface area (Å²) in [5.41, 5.74) is 3.69. The molecule has 0 amide bonds. The Kier molecular flexibility index (Phi) is 9.45. The molecule has 0 spiro atoms. The van der Waals surface area contributed by atoms with Gasteiger partial charge in [0.1, 0.15) is 0 Å². The SMILES string of the molecule is C=CC(C=CC)C(=C(C=CCC)C(=C)C)C(C=C)CC. The van der Waals surface area contributed by atoms with E-state index in [0.29, 0.717) is 5.92 Å². The van der Waals surface area contributed by atoms with E-state index in [1.165, 1.54) is 11.1 Å². The molecule has 2 atom stereocenters. The number of allylic oxidation sites excluding steroid dienone is 9. The van der Waals surface area contributed by atoms with Crippen molar-refractivity contribution in [2.75, 3.05) is 0 Å². The van der Waals surface area contributed by atoms with Gasteiger partial charge in [0.15, 0.2) is 0 Å². The molecule has 0 bridgehead atoms. The Hall–Kier alpha value is -1.56. The van der Waals surface area contributed by atoms with Crippen molar-refractivity contribution in [3.8, 4) is 0 Å². The lowest BCUT2D eigenvalue weighted by molar-refractivity contribution is 0.666. The molecule has 0 aliphatic rings. The van der Waals surface area contributed by atoms with Gasteiger partial charge in [-0.15, -0.1) is 13.2 Å². The highest BCUT2D eigenvalue weighted by atomic mass is 14.2. The zero-order valence-electron chi connectivity index (χ0n) is 13.7. The number of rotatable bonds is 9. The van der Waals surface area contributed by atoms with Crippen molar-refractivity contribution < 1.29 is 0 Å². The second kappa shape index (κ2) is 10.3. The molecule has 20 heavy (non-hydrogen) atoms. The van der Waals surface area contributed by atoms with E-state index in [9.17, 15) is 0 Å². The molecular weight excluding hydrogens is 240 g/mol. The molecule has 0 fully saturated rings. The average molecular weight is 270 g/mol. The van der Waals surface area contributed by atoms with E-state index in [0.717, 1.165) is 18.4 Å². The maximum Gasteiger partial charge on any atom is 0.0169 e. The summed E-state index contributed by atoms with van der Waals surface area (Å²) in [5, 5.41) is 0. The smallest absolute Gasteiger partial charge is 0.0169 e. The molecule has 0 aromatic heterocycles. The summed E-state index contributed by atoms with van der Waals surface area (Å²) >= 11 is 0. The Morgan fingerprint density at radius 3 is 2.15 bits per heavy atom. The molecule has 0 radical (unpaired) electrons. The van der Waals surface area contributed by atoms with Crippen molar-refractivity contribution in [2.24, 2.45) is 11.8 Å². The lowest BCUT2D eigenvalue weighted by Gasteiger charge is -2.24. The maximum atomic E-state index is 4.16. The van der Waals surface area contributed by atoms with Crippen LogP contribution in [0.3, 0.4) is 0 Å². The highest BCUT2D eigenvalue weighted by Crippen LogP contribution is 2.32. The molecule has 0 aliphatic carbocycles. The van der Waals surface area contributed by atoms with Crippen LogP contribution >= 0.6 is 0 Å². The van der Waals surface area contributed by atoms with E-state index in [2.05, 4.69) is 64.8 Å². The second-order valence-corrected chi connectivity index (χ2v) is 5.00. The molecule has 2 unspecified atom stereocenters. The summed E-state index contributed by atoms with van der Waals surface area (Å²) in [4.78, 5) is 0.